The predicted molar refractivity (Wildman–Crippen MR) is 84.3 cm³/mol. The summed E-state index contributed by atoms with van der Waals surface area (Å²) in [7, 11) is 0. The van der Waals surface area contributed by atoms with E-state index in [-0.39, 0.29) is 11.7 Å². The molecule has 0 bridgehead atoms. The standard InChI is InChI=1S/C16H16ClFN2O/c1-10-3-8-15(14(17)9-10)19-11(2)16(21)20-13-6-4-12(18)5-7-13/h3-9,11,19H,1-2H3,(H,20,21)/t11-/m0/s1. The average molecular weight is 307 g/mol. The Kier molecular flexibility index (Phi) is 4.81. The molecule has 0 saturated heterocycles. The van der Waals surface area contributed by atoms with Crippen LogP contribution in [0.2, 0.25) is 5.02 Å². The number of hydrogen-bond donors (Lipinski definition) is 2. The molecule has 0 saturated carbocycles. The number of nitrogens with one attached hydrogen (secondary N) is 2. The molecular weight excluding hydrogens is 291 g/mol. The first-order valence-electron chi connectivity index (χ1n) is 6.55. The Morgan fingerprint density at radius 3 is 2.48 bits per heavy atom. The Morgan fingerprint density at radius 1 is 1.19 bits per heavy atom. The first kappa shape index (κ1) is 15.3. The molecule has 2 rings (SSSR count). The maximum Gasteiger partial charge on any atom is 0.246 e. The molecule has 2 aromatic carbocycles. The van der Waals surface area contributed by atoms with Crippen molar-refractivity contribution in [1.29, 1.82) is 0 Å². The lowest BCUT2D eigenvalue weighted by Gasteiger charge is -2.16. The lowest BCUT2D eigenvalue weighted by Crippen LogP contribution is -2.31. The number of rotatable bonds is 4. The Bertz CT molecular complexity index is 643. The molecule has 21 heavy (non-hydrogen) atoms. The number of anilines is 2. The Balaban J connectivity index is 2.00. The summed E-state index contributed by atoms with van der Waals surface area (Å²) in [6, 6.07) is 10.7. The Hall–Kier alpha value is -2.07. The van der Waals surface area contributed by atoms with Gasteiger partial charge in [-0.05, 0) is 55.8 Å². The number of carbonyl (C=O) groups excluding carboxylic acids is 1. The monoisotopic (exact) mass is 306 g/mol. The molecule has 0 unspecified atom stereocenters. The molecule has 1 amide bonds. The minimum Gasteiger partial charge on any atom is -0.373 e. The number of amides is 1. The van der Waals surface area contributed by atoms with Gasteiger partial charge in [0.1, 0.15) is 11.9 Å². The third-order valence-electron chi connectivity index (χ3n) is 3.00. The molecule has 1 atom stereocenters. The molecule has 0 radical (unpaired) electrons. The highest BCUT2D eigenvalue weighted by Gasteiger charge is 2.14. The summed E-state index contributed by atoms with van der Waals surface area (Å²) in [5.74, 6) is -0.566. The van der Waals surface area contributed by atoms with Crippen LogP contribution in [0.4, 0.5) is 15.8 Å². The topological polar surface area (TPSA) is 41.1 Å². The smallest absolute Gasteiger partial charge is 0.246 e. The Labute approximate surface area is 128 Å². The quantitative estimate of drug-likeness (QED) is 0.887. The van der Waals surface area contributed by atoms with Crippen molar-refractivity contribution in [3.8, 4) is 0 Å². The maximum absolute atomic E-state index is 12.8. The van der Waals surface area contributed by atoms with Crippen molar-refractivity contribution in [1.82, 2.24) is 0 Å². The summed E-state index contributed by atoms with van der Waals surface area (Å²) in [6.07, 6.45) is 0. The van der Waals surface area contributed by atoms with Gasteiger partial charge in [-0.3, -0.25) is 4.79 Å². The molecular formula is C16H16ClFN2O. The van der Waals surface area contributed by atoms with Crippen molar-refractivity contribution in [2.45, 2.75) is 19.9 Å². The molecule has 0 aliphatic rings. The van der Waals surface area contributed by atoms with Crippen LogP contribution in [-0.4, -0.2) is 11.9 Å². The van der Waals surface area contributed by atoms with E-state index in [1.54, 1.807) is 6.92 Å². The van der Waals surface area contributed by atoms with E-state index in [1.165, 1.54) is 24.3 Å². The van der Waals surface area contributed by atoms with E-state index >= 15 is 0 Å². The minimum absolute atomic E-state index is 0.224. The molecule has 0 spiro atoms. The first-order chi connectivity index (χ1) is 9.95. The van der Waals surface area contributed by atoms with Crippen molar-refractivity contribution in [3.63, 3.8) is 0 Å². The average Bonchev–Trinajstić information content (AvgIpc) is 2.44. The van der Waals surface area contributed by atoms with Gasteiger partial charge in [0.2, 0.25) is 5.91 Å². The highest BCUT2D eigenvalue weighted by Crippen LogP contribution is 2.23. The number of aryl methyl sites for hydroxylation is 1. The minimum atomic E-state index is -0.477. The van der Waals surface area contributed by atoms with Crippen molar-refractivity contribution in [2.24, 2.45) is 0 Å². The zero-order valence-electron chi connectivity index (χ0n) is 11.8. The van der Waals surface area contributed by atoms with E-state index < -0.39 is 6.04 Å². The van der Waals surface area contributed by atoms with Crippen LogP contribution in [0.25, 0.3) is 0 Å². The van der Waals surface area contributed by atoms with Gasteiger partial charge in [0, 0.05) is 5.69 Å². The number of carbonyl (C=O) groups is 1. The second-order valence-corrected chi connectivity index (χ2v) is 5.25. The van der Waals surface area contributed by atoms with Crippen LogP contribution in [0.3, 0.4) is 0 Å². The van der Waals surface area contributed by atoms with Gasteiger partial charge in [0.05, 0.1) is 10.7 Å². The van der Waals surface area contributed by atoms with Crippen molar-refractivity contribution < 1.29 is 9.18 Å². The molecule has 2 aromatic rings. The second kappa shape index (κ2) is 6.59. The Morgan fingerprint density at radius 2 is 1.86 bits per heavy atom. The van der Waals surface area contributed by atoms with Crippen molar-refractivity contribution in [3.05, 3.63) is 58.9 Å². The summed E-state index contributed by atoms with van der Waals surface area (Å²) < 4.78 is 12.8. The van der Waals surface area contributed by atoms with Gasteiger partial charge >= 0.3 is 0 Å². The third-order valence-corrected chi connectivity index (χ3v) is 3.31. The molecule has 0 heterocycles. The van der Waals surface area contributed by atoms with Crippen LogP contribution in [0, 0.1) is 12.7 Å². The molecule has 0 aliphatic carbocycles. The van der Waals surface area contributed by atoms with Gasteiger partial charge < -0.3 is 10.6 Å². The van der Waals surface area contributed by atoms with Crippen LogP contribution in [0.1, 0.15) is 12.5 Å². The normalized spacial score (nSPS) is 11.8. The highest BCUT2D eigenvalue weighted by molar-refractivity contribution is 6.33. The first-order valence-corrected chi connectivity index (χ1v) is 6.92. The fourth-order valence-electron chi connectivity index (χ4n) is 1.82. The second-order valence-electron chi connectivity index (χ2n) is 4.85. The van der Waals surface area contributed by atoms with Gasteiger partial charge in [-0.15, -0.1) is 0 Å². The molecule has 110 valence electrons. The van der Waals surface area contributed by atoms with E-state index in [9.17, 15) is 9.18 Å². The molecule has 2 N–H and O–H groups in total. The molecule has 0 aliphatic heterocycles. The van der Waals surface area contributed by atoms with Crippen LogP contribution in [0.15, 0.2) is 42.5 Å². The predicted octanol–water partition coefficient (Wildman–Crippen LogP) is 4.23. The zero-order chi connectivity index (χ0) is 15.4. The zero-order valence-corrected chi connectivity index (χ0v) is 12.5. The maximum atomic E-state index is 12.8. The van der Waals surface area contributed by atoms with Crippen LogP contribution >= 0.6 is 11.6 Å². The summed E-state index contributed by atoms with van der Waals surface area (Å²) in [5, 5.41) is 6.33. The number of benzene rings is 2. The fraction of sp³-hybridized carbons (Fsp3) is 0.188. The van der Waals surface area contributed by atoms with Crippen LogP contribution in [0.5, 0.6) is 0 Å². The fourth-order valence-corrected chi connectivity index (χ4v) is 2.11. The molecule has 0 aromatic heterocycles. The lowest BCUT2D eigenvalue weighted by molar-refractivity contribution is -0.116. The van der Waals surface area contributed by atoms with E-state index in [1.807, 2.05) is 25.1 Å². The van der Waals surface area contributed by atoms with E-state index in [2.05, 4.69) is 10.6 Å². The largest absolute Gasteiger partial charge is 0.373 e. The molecule has 0 fully saturated rings. The van der Waals surface area contributed by atoms with Gasteiger partial charge in [-0.2, -0.15) is 0 Å². The summed E-state index contributed by atoms with van der Waals surface area (Å²) in [6.45, 7) is 3.68. The van der Waals surface area contributed by atoms with Crippen LogP contribution < -0.4 is 10.6 Å². The van der Waals surface area contributed by atoms with Crippen LogP contribution in [-0.2, 0) is 4.79 Å². The molecule has 3 nitrogen and oxygen atoms in total. The van der Waals surface area contributed by atoms with E-state index in [4.69, 9.17) is 11.6 Å². The van der Waals surface area contributed by atoms with Crippen molar-refractivity contribution in [2.75, 3.05) is 10.6 Å². The third kappa shape index (κ3) is 4.20. The van der Waals surface area contributed by atoms with Gasteiger partial charge in [-0.1, -0.05) is 17.7 Å². The summed E-state index contributed by atoms with van der Waals surface area (Å²) >= 11 is 6.12. The summed E-state index contributed by atoms with van der Waals surface area (Å²) in [4.78, 5) is 12.1. The van der Waals surface area contributed by atoms with E-state index in [0.717, 1.165) is 5.56 Å². The van der Waals surface area contributed by atoms with Gasteiger partial charge in [0.15, 0.2) is 0 Å². The lowest BCUT2D eigenvalue weighted by atomic mass is 10.2. The summed E-state index contributed by atoms with van der Waals surface area (Å²) in [5.41, 5.74) is 2.29. The molecule has 5 heteroatoms. The SMILES string of the molecule is Cc1ccc(N[C@@H](C)C(=O)Nc2ccc(F)cc2)c(Cl)c1. The number of halogens is 2. The van der Waals surface area contributed by atoms with Crippen molar-refractivity contribution >= 4 is 28.9 Å². The van der Waals surface area contributed by atoms with Gasteiger partial charge in [-0.25, -0.2) is 4.39 Å². The number of hydrogen-bond acceptors (Lipinski definition) is 2. The highest BCUT2D eigenvalue weighted by atomic mass is 35.5. The van der Waals surface area contributed by atoms with E-state index in [0.29, 0.717) is 16.4 Å². The van der Waals surface area contributed by atoms with Gasteiger partial charge in [0.25, 0.3) is 0 Å².